The minimum absolute atomic E-state index is 0.129. The van der Waals surface area contributed by atoms with Crippen LogP contribution in [0.25, 0.3) is 0 Å². The molecule has 1 aliphatic rings. The van der Waals surface area contributed by atoms with Crippen LogP contribution in [0.3, 0.4) is 0 Å². The van der Waals surface area contributed by atoms with Gasteiger partial charge in [0, 0.05) is 31.2 Å². The monoisotopic (exact) mass is 399 g/mol. The molecule has 0 spiro atoms. The molecule has 2 aromatic rings. The molecule has 1 fully saturated rings. The molecule has 7 heteroatoms. The van der Waals surface area contributed by atoms with E-state index >= 15 is 0 Å². The SMILES string of the molecule is Cc1ccccc1CN1CCN(CC(=O)NCc2ccc(Cl)cc2)C(=O)C1=O. The maximum Gasteiger partial charge on any atom is 0.312 e. The first-order valence-electron chi connectivity index (χ1n) is 9.08. The van der Waals surface area contributed by atoms with Crippen LogP contribution in [0.15, 0.2) is 48.5 Å². The summed E-state index contributed by atoms with van der Waals surface area (Å²) in [5.74, 6) is -1.51. The number of rotatable bonds is 6. The van der Waals surface area contributed by atoms with Gasteiger partial charge < -0.3 is 15.1 Å². The van der Waals surface area contributed by atoms with E-state index in [-0.39, 0.29) is 12.5 Å². The van der Waals surface area contributed by atoms with Crippen LogP contribution in [-0.4, -0.2) is 47.2 Å². The second kappa shape index (κ2) is 8.89. The van der Waals surface area contributed by atoms with Crippen molar-refractivity contribution in [3.05, 3.63) is 70.2 Å². The van der Waals surface area contributed by atoms with Gasteiger partial charge in [0.1, 0.15) is 6.54 Å². The van der Waals surface area contributed by atoms with Crippen molar-refractivity contribution in [1.29, 1.82) is 0 Å². The van der Waals surface area contributed by atoms with Crippen molar-refractivity contribution in [3.8, 4) is 0 Å². The molecule has 0 radical (unpaired) electrons. The Morgan fingerprint density at radius 2 is 1.64 bits per heavy atom. The Labute approximate surface area is 169 Å². The molecule has 0 aliphatic carbocycles. The summed E-state index contributed by atoms with van der Waals surface area (Å²) >= 11 is 5.84. The first-order valence-corrected chi connectivity index (χ1v) is 9.45. The molecule has 0 aromatic heterocycles. The van der Waals surface area contributed by atoms with E-state index in [0.717, 1.165) is 16.7 Å². The van der Waals surface area contributed by atoms with Crippen molar-refractivity contribution in [2.75, 3.05) is 19.6 Å². The van der Waals surface area contributed by atoms with Crippen molar-refractivity contribution in [1.82, 2.24) is 15.1 Å². The van der Waals surface area contributed by atoms with Crippen LogP contribution >= 0.6 is 11.6 Å². The quantitative estimate of drug-likeness (QED) is 0.756. The van der Waals surface area contributed by atoms with Crippen LogP contribution < -0.4 is 5.32 Å². The van der Waals surface area contributed by atoms with Gasteiger partial charge in [-0.25, -0.2) is 0 Å². The predicted octanol–water partition coefficient (Wildman–Crippen LogP) is 2.14. The predicted molar refractivity (Wildman–Crippen MR) is 106 cm³/mol. The fraction of sp³-hybridized carbons (Fsp3) is 0.286. The van der Waals surface area contributed by atoms with E-state index in [0.29, 0.717) is 31.2 Å². The molecule has 0 atom stereocenters. The summed E-state index contributed by atoms with van der Waals surface area (Å²) < 4.78 is 0. The molecule has 1 heterocycles. The highest BCUT2D eigenvalue weighted by molar-refractivity contribution is 6.35. The number of benzene rings is 2. The van der Waals surface area contributed by atoms with Gasteiger partial charge in [-0.1, -0.05) is 48.0 Å². The van der Waals surface area contributed by atoms with Crippen molar-refractivity contribution in [3.63, 3.8) is 0 Å². The number of carbonyl (C=O) groups excluding carboxylic acids is 3. The largest absolute Gasteiger partial charge is 0.350 e. The molecule has 0 unspecified atom stereocenters. The van der Waals surface area contributed by atoms with Gasteiger partial charge >= 0.3 is 11.8 Å². The van der Waals surface area contributed by atoms with Crippen LogP contribution in [0.1, 0.15) is 16.7 Å². The summed E-state index contributed by atoms with van der Waals surface area (Å²) in [7, 11) is 0. The third kappa shape index (κ3) is 4.89. The molecule has 0 saturated carbocycles. The standard InChI is InChI=1S/C21H22ClN3O3/c1-15-4-2-3-5-17(15)13-24-10-11-25(21(28)20(24)27)14-19(26)23-12-16-6-8-18(22)9-7-16/h2-9H,10-14H2,1H3,(H,23,26). The fourth-order valence-electron chi connectivity index (χ4n) is 3.04. The molecule has 1 aliphatic heterocycles. The van der Waals surface area contributed by atoms with E-state index in [4.69, 9.17) is 11.6 Å². The molecule has 3 rings (SSSR count). The number of halogens is 1. The van der Waals surface area contributed by atoms with Gasteiger partial charge in [-0.2, -0.15) is 0 Å². The van der Waals surface area contributed by atoms with E-state index in [2.05, 4.69) is 5.32 Å². The summed E-state index contributed by atoms with van der Waals surface area (Å²) in [6, 6.07) is 14.9. The van der Waals surface area contributed by atoms with Crippen LogP contribution in [0.4, 0.5) is 0 Å². The van der Waals surface area contributed by atoms with Gasteiger partial charge in [-0.15, -0.1) is 0 Å². The van der Waals surface area contributed by atoms with E-state index in [1.54, 1.807) is 12.1 Å². The van der Waals surface area contributed by atoms with Crippen LogP contribution in [-0.2, 0) is 27.5 Å². The Hall–Kier alpha value is -2.86. The van der Waals surface area contributed by atoms with Gasteiger partial charge in [-0.05, 0) is 35.7 Å². The third-order valence-electron chi connectivity index (χ3n) is 4.76. The number of hydrogen-bond acceptors (Lipinski definition) is 3. The number of piperazine rings is 1. The second-order valence-corrected chi connectivity index (χ2v) is 7.22. The molecule has 3 amide bonds. The highest BCUT2D eigenvalue weighted by Gasteiger charge is 2.33. The van der Waals surface area contributed by atoms with Crippen molar-refractivity contribution < 1.29 is 14.4 Å². The molecule has 6 nitrogen and oxygen atoms in total. The highest BCUT2D eigenvalue weighted by Crippen LogP contribution is 2.14. The van der Waals surface area contributed by atoms with Crippen molar-refractivity contribution in [2.24, 2.45) is 0 Å². The molecular weight excluding hydrogens is 378 g/mol. The van der Waals surface area contributed by atoms with Gasteiger partial charge in [0.05, 0.1) is 0 Å². The molecule has 1 N–H and O–H groups in total. The van der Waals surface area contributed by atoms with Crippen molar-refractivity contribution >= 4 is 29.3 Å². The van der Waals surface area contributed by atoms with Crippen molar-refractivity contribution in [2.45, 2.75) is 20.0 Å². The van der Waals surface area contributed by atoms with Gasteiger partial charge in [-0.3, -0.25) is 14.4 Å². The van der Waals surface area contributed by atoms with E-state index in [1.165, 1.54) is 9.80 Å². The molecular formula is C21H22ClN3O3. The van der Waals surface area contributed by atoms with E-state index in [1.807, 2.05) is 43.3 Å². The lowest BCUT2D eigenvalue weighted by Gasteiger charge is -2.33. The summed E-state index contributed by atoms with van der Waals surface area (Å²) in [4.78, 5) is 39.8. The minimum atomic E-state index is -0.638. The number of hydrogen-bond donors (Lipinski definition) is 1. The summed E-state index contributed by atoms with van der Waals surface area (Å²) in [5.41, 5.74) is 2.99. The Morgan fingerprint density at radius 3 is 2.36 bits per heavy atom. The maximum absolute atomic E-state index is 12.4. The summed E-state index contributed by atoms with van der Waals surface area (Å²) in [6.07, 6.45) is 0. The summed E-state index contributed by atoms with van der Waals surface area (Å²) in [5, 5.41) is 3.39. The average Bonchev–Trinajstić information content (AvgIpc) is 2.69. The zero-order valence-corrected chi connectivity index (χ0v) is 16.4. The second-order valence-electron chi connectivity index (χ2n) is 6.78. The zero-order valence-electron chi connectivity index (χ0n) is 15.7. The lowest BCUT2D eigenvalue weighted by Crippen LogP contribution is -2.55. The molecule has 1 saturated heterocycles. The Bertz CT molecular complexity index is 883. The molecule has 146 valence electrons. The zero-order chi connectivity index (χ0) is 20.1. The fourth-order valence-corrected chi connectivity index (χ4v) is 3.17. The molecule has 0 bridgehead atoms. The lowest BCUT2D eigenvalue weighted by atomic mass is 10.1. The van der Waals surface area contributed by atoms with Crippen LogP contribution in [0.2, 0.25) is 5.02 Å². The number of nitrogens with zero attached hydrogens (tertiary/aromatic N) is 2. The molecule has 28 heavy (non-hydrogen) atoms. The Balaban J connectivity index is 1.52. The normalized spacial score (nSPS) is 14.4. The molecule has 2 aromatic carbocycles. The number of aryl methyl sites for hydroxylation is 1. The Kier molecular flexibility index (Phi) is 6.31. The van der Waals surface area contributed by atoms with Gasteiger partial charge in [0.15, 0.2) is 0 Å². The summed E-state index contributed by atoms with van der Waals surface area (Å²) in [6.45, 7) is 3.33. The van der Waals surface area contributed by atoms with Crippen LogP contribution in [0, 0.1) is 6.92 Å². The highest BCUT2D eigenvalue weighted by atomic mass is 35.5. The number of carbonyl (C=O) groups is 3. The van der Waals surface area contributed by atoms with Gasteiger partial charge in [0.2, 0.25) is 5.91 Å². The smallest absolute Gasteiger partial charge is 0.312 e. The maximum atomic E-state index is 12.4. The lowest BCUT2D eigenvalue weighted by molar-refractivity contribution is -0.157. The first kappa shape index (κ1) is 19.9. The average molecular weight is 400 g/mol. The number of nitrogens with one attached hydrogen (secondary N) is 1. The van der Waals surface area contributed by atoms with Gasteiger partial charge in [0.25, 0.3) is 0 Å². The topological polar surface area (TPSA) is 69.7 Å². The Morgan fingerprint density at radius 1 is 1.00 bits per heavy atom. The minimum Gasteiger partial charge on any atom is -0.350 e. The van der Waals surface area contributed by atoms with E-state index in [9.17, 15) is 14.4 Å². The number of amides is 3. The van der Waals surface area contributed by atoms with E-state index < -0.39 is 11.8 Å². The first-order chi connectivity index (χ1) is 13.4. The van der Waals surface area contributed by atoms with Crippen LogP contribution in [0.5, 0.6) is 0 Å². The third-order valence-corrected chi connectivity index (χ3v) is 5.01.